The van der Waals surface area contributed by atoms with Crippen LogP contribution in [0.15, 0.2) is 18.3 Å². The average Bonchev–Trinajstić information content (AvgIpc) is 2.96. The third kappa shape index (κ3) is 1.36. The van der Waals surface area contributed by atoms with Gasteiger partial charge in [-0.15, -0.1) is 0 Å². The second-order valence-corrected chi connectivity index (χ2v) is 3.88. The van der Waals surface area contributed by atoms with E-state index in [1.165, 1.54) is 10.8 Å². The van der Waals surface area contributed by atoms with Crippen LogP contribution in [-0.2, 0) is 6.18 Å². The number of aromatic nitrogens is 3. The molecular formula is C10H8F3N3. The topological polar surface area (TPSA) is 30.7 Å². The van der Waals surface area contributed by atoms with E-state index in [4.69, 9.17) is 0 Å². The standard InChI is InChI=1S/C10H8F3N3/c11-10(12,13)9-15-7-2-1-5-14-8(7)16(9)6-3-4-6/h1-2,5-6H,3-4H2. The minimum absolute atomic E-state index is 0.0866. The van der Waals surface area contributed by atoms with Crippen molar-refractivity contribution >= 4 is 11.2 Å². The van der Waals surface area contributed by atoms with Gasteiger partial charge in [0.2, 0.25) is 5.82 Å². The maximum atomic E-state index is 12.8. The van der Waals surface area contributed by atoms with Crippen LogP contribution in [0.1, 0.15) is 24.7 Å². The quantitative estimate of drug-likeness (QED) is 0.750. The van der Waals surface area contributed by atoms with Crippen molar-refractivity contribution in [2.75, 3.05) is 0 Å². The summed E-state index contributed by atoms with van der Waals surface area (Å²) in [6, 6.07) is 3.06. The molecule has 1 aliphatic carbocycles. The van der Waals surface area contributed by atoms with Gasteiger partial charge < -0.3 is 4.57 Å². The Morgan fingerprint density at radius 1 is 1.31 bits per heavy atom. The molecule has 6 heteroatoms. The van der Waals surface area contributed by atoms with Crippen LogP contribution in [0.5, 0.6) is 0 Å². The molecule has 0 aliphatic heterocycles. The molecule has 84 valence electrons. The minimum atomic E-state index is -4.41. The molecule has 2 aromatic heterocycles. The highest BCUT2D eigenvalue weighted by Gasteiger charge is 2.41. The molecule has 3 rings (SSSR count). The maximum absolute atomic E-state index is 12.8. The van der Waals surface area contributed by atoms with Gasteiger partial charge in [0, 0.05) is 12.2 Å². The molecule has 0 radical (unpaired) electrons. The van der Waals surface area contributed by atoms with Crippen LogP contribution in [-0.4, -0.2) is 14.5 Å². The molecule has 16 heavy (non-hydrogen) atoms. The largest absolute Gasteiger partial charge is 0.449 e. The summed E-state index contributed by atoms with van der Waals surface area (Å²) < 4.78 is 39.5. The Hall–Kier alpha value is -1.59. The van der Waals surface area contributed by atoms with E-state index in [1.54, 1.807) is 12.1 Å². The highest BCUT2D eigenvalue weighted by Crippen LogP contribution is 2.42. The molecule has 0 atom stereocenters. The van der Waals surface area contributed by atoms with Crippen LogP contribution in [0.4, 0.5) is 13.2 Å². The van der Waals surface area contributed by atoms with Gasteiger partial charge >= 0.3 is 6.18 Å². The van der Waals surface area contributed by atoms with Gasteiger partial charge in [0.25, 0.3) is 0 Å². The molecule has 0 bridgehead atoms. The van der Waals surface area contributed by atoms with Gasteiger partial charge in [-0.25, -0.2) is 9.97 Å². The van der Waals surface area contributed by atoms with Crippen LogP contribution < -0.4 is 0 Å². The summed E-state index contributed by atoms with van der Waals surface area (Å²) in [5, 5.41) is 0. The first kappa shape index (κ1) is 9.62. The van der Waals surface area contributed by atoms with Crippen molar-refractivity contribution in [1.82, 2.24) is 14.5 Å². The zero-order chi connectivity index (χ0) is 11.3. The predicted molar refractivity (Wildman–Crippen MR) is 50.8 cm³/mol. The number of imidazole rings is 1. The van der Waals surface area contributed by atoms with E-state index in [1.807, 2.05) is 0 Å². The first-order valence-electron chi connectivity index (χ1n) is 4.97. The molecule has 1 aliphatic rings. The van der Waals surface area contributed by atoms with Gasteiger partial charge in [-0.05, 0) is 25.0 Å². The number of rotatable bonds is 1. The van der Waals surface area contributed by atoms with Crippen molar-refractivity contribution in [2.45, 2.75) is 25.1 Å². The second-order valence-electron chi connectivity index (χ2n) is 3.88. The summed E-state index contributed by atoms with van der Waals surface area (Å²) >= 11 is 0. The molecule has 0 unspecified atom stereocenters. The number of alkyl halides is 3. The van der Waals surface area contributed by atoms with Crippen molar-refractivity contribution in [3.05, 3.63) is 24.2 Å². The molecule has 3 nitrogen and oxygen atoms in total. The first-order chi connectivity index (χ1) is 7.57. The highest BCUT2D eigenvalue weighted by molar-refractivity contribution is 5.71. The summed E-state index contributed by atoms with van der Waals surface area (Å²) in [7, 11) is 0. The van der Waals surface area contributed by atoms with Gasteiger partial charge in [0.05, 0.1) is 0 Å². The normalized spacial score (nSPS) is 16.9. The molecule has 0 spiro atoms. The molecule has 0 amide bonds. The second kappa shape index (κ2) is 2.96. The van der Waals surface area contributed by atoms with E-state index in [0.717, 1.165) is 12.8 Å². The molecule has 1 fully saturated rings. The molecule has 0 N–H and O–H groups in total. The molecule has 0 saturated heterocycles. The number of halogens is 3. The fourth-order valence-corrected chi connectivity index (χ4v) is 1.81. The molecule has 1 saturated carbocycles. The lowest BCUT2D eigenvalue weighted by molar-refractivity contribution is -0.147. The van der Waals surface area contributed by atoms with Crippen LogP contribution in [0.25, 0.3) is 11.2 Å². The Kier molecular flexibility index (Phi) is 1.78. The zero-order valence-corrected chi connectivity index (χ0v) is 8.20. The number of hydrogen-bond acceptors (Lipinski definition) is 2. The third-order valence-electron chi connectivity index (χ3n) is 2.61. The van der Waals surface area contributed by atoms with Crippen LogP contribution >= 0.6 is 0 Å². The van der Waals surface area contributed by atoms with E-state index < -0.39 is 12.0 Å². The van der Waals surface area contributed by atoms with Crippen molar-refractivity contribution in [3.63, 3.8) is 0 Å². The Labute approximate surface area is 88.9 Å². The predicted octanol–water partition coefficient (Wildman–Crippen LogP) is 2.79. The lowest BCUT2D eigenvalue weighted by atomic mass is 10.4. The van der Waals surface area contributed by atoms with E-state index >= 15 is 0 Å². The van der Waals surface area contributed by atoms with Crippen molar-refractivity contribution in [2.24, 2.45) is 0 Å². The number of hydrogen-bond donors (Lipinski definition) is 0. The van der Waals surface area contributed by atoms with Gasteiger partial charge in [0.15, 0.2) is 5.65 Å². The lowest BCUT2D eigenvalue weighted by Crippen LogP contribution is -2.14. The van der Waals surface area contributed by atoms with Crippen LogP contribution in [0, 0.1) is 0 Å². The summed E-state index contributed by atoms with van der Waals surface area (Å²) in [5.74, 6) is -0.830. The minimum Gasteiger partial charge on any atom is -0.302 e. The highest BCUT2D eigenvalue weighted by atomic mass is 19.4. The Bertz CT molecular complexity index is 540. The van der Waals surface area contributed by atoms with Crippen molar-refractivity contribution in [3.8, 4) is 0 Å². The van der Waals surface area contributed by atoms with Gasteiger partial charge in [0.1, 0.15) is 5.52 Å². The smallest absolute Gasteiger partial charge is 0.302 e. The lowest BCUT2D eigenvalue weighted by Gasteiger charge is -2.08. The number of fused-ring (bicyclic) bond motifs is 1. The van der Waals surface area contributed by atoms with E-state index in [0.29, 0.717) is 11.2 Å². The molecule has 0 aromatic carbocycles. The monoisotopic (exact) mass is 227 g/mol. The molecule has 2 heterocycles. The Balaban J connectivity index is 2.30. The van der Waals surface area contributed by atoms with Gasteiger partial charge in [-0.3, -0.25) is 0 Å². The summed E-state index contributed by atoms with van der Waals surface area (Å²) in [5.41, 5.74) is 0.638. The summed E-state index contributed by atoms with van der Waals surface area (Å²) in [6.07, 6.45) is -1.39. The third-order valence-corrected chi connectivity index (χ3v) is 2.61. The van der Waals surface area contributed by atoms with Crippen LogP contribution in [0.2, 0.25) is 0 Å². The maximum Gasteiger partial charge on any atom is 0.449 e. The fourth-order valence-electron chi connectivity index (χ4n) is 1.81. The SMILES string of the molecule is FC(F)(F)c1nc2cccnc2n1C1CC1. The fraction of sp³-hybridized carbons (Fsp3) is 0.400. The summed E-state index contributed by atoms with van der Waals surface area (Å²) in [6.45, 7) is 0. The summed E-state index contributed by atoms with van der Waals surface area (Å²) in [4.78, 5) is 7.60. The Morgan fingerprint density at radius 3 is 2.69 bits per heavy atom. The van der Waals surface area contributed by atoms with Gasteiger partial charge in [-0.1, -0.05) is 0 Å². The number of pyridine rings is 1. The molecule has 2 aromatic rings. The first-order valence-corrected chi connectivity index (χ1v) is 4.97. The molecular weight excluding hydrogens is 219 g/mol. The van der Waals surface area contributed by atoms with Gasteiger partial charge in [-0.2, -0.15) is 13.2 Å². The average molecular weight is 227 g/mol. The Morgan fingerprint density at radius 2 is 2.06 bits per heavy atom. The zero-order valence-electron chi connectivity index (χ0n) is 8.20. The van der Waals surface area contributed by atoms with E-state index in [2.05, 4.69) is 9.97 Å². The van der Waals surface area contributed by atoms with Crippen molar-refractivity contribution in [1.29, 1.82) is 0 Å². The number of nitrogens with zero attached hydrogens (tertiary/aromatic N) is 3. The van der Waals surface area contributed by atoms with E-state index in [9.17, 15) is 13.2 Å². The van der Waals surface area contributed by atoms with Crippen molar-refractivity contribution < 1.29 is 13.2 Å². The van der Waals surface area contributed by atoms with Crippen LogP contribution in [0.3, 0.4) is 0 Å². The van der Waals surface area contributed by atoms with E-state index in [-0.39, 0.29) is 6.04 Å².